The minimum Gasteiger partial charge on any atom is -0.478 e. The minimum atomic E-state index is -0.897. The van der Waals surface area contributed by atoms with Crippen LogP contribution in [0.3, 0.4) is 0 Å². The van der Waals surface area contributed by atoms with Crippen molar-refractivity contribution in [1.82, 2.24) is 9.78 Å². The van der Waals surface area contributed by atoms with E-state index in [2.05, 4.69) is 18.9 Å². The minimum absolute atomic E-state index is 0.336. The highest BCUT2D eigenvalue weighted by molar-refractivity contribution is 7.99. The summed E-state index contributed by atoms with van der Waals surface area (Å²) in [6.45, 7) is 5.89. The van der Waals surface area contributed by atoms with Crippen molar-refractivity contribution in [2.75, 3.05) is 0 Å². The molecule has 0 saturated carbocycles. The Balaban J connectivity index is 3.09. The summed E-state index contributed by atoms with van der Waals surface area (Å²) in [6, 6.07) is 0. The zero-order valence-corrected chi connectivity index (χ0v) is 10.3. The maximum absolute atomic E-state index is 11.1. The number of thioether (sulfide) groups is 1. The summed E-state index contributed by atoms with van der Waals surface area (Å²) in [5.74, 6) is -0.897. The van der Waals surface area contributed by atoms with E-state index in [1.807, 2.05) is 0 Å². The molecular formula is C10H16N2O2S. The summed E-state index contributed by atoms with van der Waals surface area (Å²) in [6.07, 6.45) is 1.01. The molecule has 1 unspecified atom stereocenters. The molecule has 84 valence electrons. The number of hydrogen-bond donors (Lipinski definition) is 1. The number of hydrogen-bond acceptors (Lipinski definition) is 3. The topological polar surface area (TPSA) is 55.1 Å². The first-order chi connectivity index (χ1) is 6.97. The van der Waals surface area contributed by atoms with Gasteiger partial charge in [-0.25, -0.2) is 4.79 Å². The van der Waals surface area contributed by atoms with E-state index in [0.717, 1.165) is 11.4 Å². The molecule has 0 fully saturated rings. The lowest BCUT2D eigenvalue weighted by atomic mass is 10.3. The highest BCUT2D eigenvalue weighted by Gasteiger charge is 2.21. The maximum Gasteiger partial charge on any atom is 0.340 e. The molecular weight excluding hydrogens is 212 g/mol. The number of rotatable bonds is 4. The van der Waals surface area contributed by atoms with Gasteiger partial charge in [-0.1, -0.05) is 13.8 Å². The molecule has 4 nitrogen and oxygen atoms in total. The van der Waals surface area contributed by atoms with Crippen molar-refractivity contribution in [3.8, 4) is 0 Å². The predicted molar refractivity (Wildman–Crippen MR) is 60.5 cm³/mol. The molecule has 0 saturated heterocycles. The van der Waals surface area contributed by atoms with Gasteiger partial charge in [-0.3, -0.25) is 4.68 Å². The van der Waals surface area contributed by atoms with Crippen molar-refractivity contribution in [3.63, 3.8) is 0 Å². The smallest absolute Gasteiger partial charge is 0.340 e. The van der Waals surface area contributed by atoms with Crippen molar-refractivity contribution in [2.45, 2.75) is 37.5 Å². The summed E-state index contributed by atoms with van der Waals surface area (Å²) in [7, 11) is 1.78. The number of aromatic nitrogens is 2. The van der Waals surface area contributed by atoms with Crippen LogP contribution in [0.25, 0.3) is 0 Å². The molecule has 0 aliphatic rings. The third-order valence-electron chi connectivity index (χ3n) is 2.27. The molecule has 5 heteroatoms. The molecule has 1 heterocycles. The highest BCUT2D eigenvalue weighted by Crippen LogP contribution is 2.29. The second kappa shape index (κ2) is 4.70. The van der Waals surface area contributed by atoms with Gasteiger partial charge in [0.15, 0.2) is 0 Å². The Morgan fingerprint density at radius 3 is 2.73 bits per heavy atom. The maximum atomic E-state index is 11.1. The average molecular weight is 228 g/mol. The third-order valence-corrected chi connectivity index (χ3v) is 3.70. The van der Waals surface area contributed by atoms with E-state index >= 15 is 0 Å². The normalized spacial score (nSPS) is 12.8. The van der Waals surface area contributed by atoms with Crippen molar-refractivity contribution in [1.29, 1.82) is 0 Å². The summed E-state index contributed by atoms with van der Waals surface area (Å²) < 4.78 is 1.65. The molecule has 0 bridgehead atoms. The lowest BCUT2D eigenvalue weighted by Crippen LogP contribution is -2.03. The van der Waals surface area contributed by atoms with Gasteiger partial charge in [-0.2, -0.15) is 5.10 Å². The largest absolute Gasteiger partial charge is 0.478 e. The Kier molecular flexibility index (Phi) is 3.79. The number of aromatic carboxylic acids is 1. The van der Waals surface area contributed by atoms with Gasteiger partial charge in [0.2, 0.25) is 0 Å². The van der Waals surface area contributed by atoms with Crippen molar-refractivity contribution in [3.05, 3.63) is 11.3 Å². The Bertz CT molecular complexity index is 374. The molecule has 1 aromatic rings. The summed E-state index contributed by atoms with van der Waals surface area (Å²) in [5.41, 5.74) is 0.915. The van der Waals surface area contributed by atoms with Gasteiger partial charge >= 0.3 is 5.97 Å². The molecule has 15 heavy (non-hydrogen) atoms. The van der Waals surface area contributed by atoms with Crippen LogP contribution >= 0.6 is 11.8 Å². The predicted octanol–water partition coefficient (Wildman–Crippen LogP) is 2.32. The number of nitrogens with zero attached hydrogens (tertiary/aromatic N) is 2. The van der Waals surface area contributed by atoms with E-state index < -0.39 is 5.97 Å². The Morgan fingerprint density at radius 1 is 1.67 bits per heavy atom. The fourth-order valence-corrected chi connectivity index (χ4v) is 2.39. The molecule has 1 N–H and O–H groups in total. The molecule has 1 aromatic heterocycles. The molecule has 0 radical (unpaired) electrons. The standard InChI is InChI=1S/C10H16N2O2S/c1-5-6(2)15-9-8(10(13)14)7(3)11-12(9)4/h6H,5H2,1-4H3,(H,13,14). The Morgan fingerprint density at radius 2 is 2.27 bits per heavy atom. The molecule has 0 aliphatic carbocycles. The first-order valence-corrected chi connectivity index (χ1v) is 5.78. The van der Waals surface area contributed by atoms with Crippen LogP contribution < -0.4 is 0 Å². The van der Waals surface area contributed by atoms with Gasteiger partial charge in [0, 0.05) is 12.3 Å². The monoisotopic (exact) mass is 228 g/mol. The van der Waals surface area contributed by atoms with Crippen LogP contribution in [0.5, 0.6) is 0 Å². The van der Waals surface area contributed by atoms with Crippen LogP contribution in [0.2, 0.25) is 0 Å². The van der Waals surface area contributed by atoms with E-state index in [4.69, 9.17) is 5.11 Å². The number of aryl methyl sites for hydroxylation is 2. The van der Waals surface area contributed by atoms with Crippen LogP contribution in [-0.2, 0) is 7.05 Å². The van der Waals surface area contributed by atoms with Gasteiger partial charge in [-0.05, 0) is 13.3 Å². The number of carboxylic acid groups (broad SMARTS) is 1. The van der Waals surface area contributed by atoms with Crippen LogP contribution in [0, 0.1) is 6.92 Å². The lowest BCUT2D eigenvalue weighted by molar-refractivity contribution is 0.0692. The van der Waals surface area contributed by atoms with Gasteiger partial charge in [0.1, 0.15) is 10.6 Å². The van der Waals surface area contributed by atoms with Crippen LogP contribution in [0.1, 0.15) is 36.3 Å². The Hall–Kier alpha value is -0.970. The van der Waals surface area contributed by atoms with Crippen molar-refractivity contribution in [2.24, 2.45) is 7.05 Å². The van der Waals surface area contributed by atoms with Crippen molar-refractivity contribution >= 4 is 17.7 Å². The molecule has 0 aromatic carbocycles. The highest BCUT2D eigenvalue weighted by atomic mass is 32.2. The SMILES string of the molecule is CCC(C)Sc1c(C(=O)O)c(C)nn1C. The van der Waals surface area contributed by atoms with Crippen LogP contribution in [0.4, 0.5) is 0 Å². The fourth-order valence-electron chi connectivity index (χ4n) is 1.29. The van der Waals surface area contributed by atoms with Gasteiger partial charge in [0.05, 0.1) is 5.69 Å². The van der Waals surface area contributed by atoms with E-state index in [1.165, 1.54) is 0 Å². The zero-order valence-electron chi connectivity index (χ0n) is 9.44. The first-order valence-electron chi connectivity index (χ1n) is 4.90. The van der Waals surface area contributed by atoms with E-state index in [9.17, 15) is 4.79 Å². The third kappa shape index (κ3) is 2.53. The molecule has 1 rings (SSSR count). The summed E-state index contributed by atoms with van der Waals surface area (Å²) in [5, 5.41) is 14.4. The first kappa shape index (κ1) is 12.1. The van der Waals surface area contributed by atoms with Gasteiger partial charge in [0.25, 0.3) is 0 Å². The van der Waals surface area contributed by atoms with E-state index in [-0.39, 0.29) is 0 Å². The molecule has 0 aliphatic heterocycles. The lowest BCUT2D eigenvalue weighted by Gasteiger charge is -2.08. The summed E-state index contributed by atoms with van der Waals surface area (Å²) >= 11 is 1.57. The van der Waals surface area contributed by atoms with E-state index in [0.29, 0.717) is 16.5 Å². The second-order valence-electron chi connectivity index (χ2n) is 3.53. The fraction of sp³-hybridized carbons (Fsp3) is 0.600. The van der Waals surface area contributed by atoms with E-state index in [1.54, 1.807) is 30.4 Å². The summed E-state index contributed by atoms with van der Waals surface area (Å²) in [4.78, 5) is 11.1. The molecule has 1 atom stereocenters. The Labute approximate surface area is 93.7 Å². The average Bonchev–Trinajstić information content (AvgIpc) is 2.41. The van der Waals surface area contributed by atoms with Gasteiger partial charge in [-0.15, -0.1) is 11.8 Å². The van der Waals surface area contributed by atoms with Crippen LogP contribution in [-0.4, -0.2) is 26.1 Å². The molecule has 0 spiro atoms. The zero-order chi connectivity index (χ0) is 11.6. The van der Waals surface area contributed by atoms with Gasteiger partial charge < -0.3 is 5.11 Å². The van der Waals surface area contributed by atoms with Crippen molar-refractivity contribution < 1.29 is 9.90 Å². The van der Waals surface area contributed by atoms with Crippen LogP contribution in [0.15, 0.2) is 5.03 Å². The molecule has 0 amide bonds. The quantitative estimate of drug-likeness (QED) is 0.803. The second-order valence-corrected chi connectivity index (χ2v) is 4.96. The number of carboxylic acids is 1. The number of carbonyl (C=O) groups is 1.